The third-order valence-corrected chi connectivity index (χ3v) is 4.75. The molecule has 0 aromatic carbocycles. The lowest BCUT2D eigenvalue weighted by molar-refractivity contribution is -0.143. The summed E-state index contributed by atoms with van der Waals surface area (Å²) in [6.07, 6.45) is 5.31. The van der Waals surface area contributed by atoms with E-state index in [9.17, 15) is 14.7 Å². The number of aliphatic hydroxyl groups excluding tert-OH is 1. The first kappa shape index (κ1) is 13.1. The van der Waals surface area contributed by atoms with Gasteiger partial charge in [0.25, 0.3) is 0 Å². The zero-order chi connectivity index (χ0) is 13.4. The van der Waals surface area contributed by atoms with Gasteiger partial charge in [0.2, 0.25) is 11.8 Å². The number of rotatable bonds is 2. The molecule has 0 unspecified atom stereocenters. The molecule has 0 spiro atoms. The van der Waals surface area contributed by atoms with E-state index in [1.54, 1.807) is 0 Å². The quantitative estimate of drug-likeness (QED) is 0.743. The summed E-state index contributed by atoms with van der Waals surface area (Å²) in [7, 11) is 0. The number of likely N-dealkylation sites (tertiary alicyclic amines) is 2. The third kappa shape index (κ3) is 2.41. The number of fused-ring (bicyclic) bond motifs is 1. The smallest absolute Gasteiger partial charge is 0.234 e. The van der Waals surface area contributed by atoms with Crippen LogP contribution in [0.3, 0.4) is 0 Å². The van der Waals surface area contributed by atoms with Crippen molar-refractivity contribution in [3.05, 3.63) is 0 Å². The summed E-state index contributed by atoms with van der Waals surface area (Å²) in [5.41, 5.74) is 0. The molecule has 0 bridgehead atoms. The van der Waals surface area contributed by atoms with Crippen LogP contribution in [0, 0.1) is 11.8 Å². The van der Waals surface area contributed by atoms with Gasteiger partial charge in [-0.05, 0) is 25.7 Å². The fourth-order valence-electron chi connectivity index (χ4n) is 3.73. The number of hydrogen-bond donors (Lipinski definition) is 1. The molecule has 5 heteroatoms. The van der Waals surface area contributed by atoms with Gasteiger partial charge in [-0.25, -0.2) is 0 Å². The van der Waals surface area contributed by atoms with Gasteiger partial charge in [0.1, 0.15) is 0 Å². The SMILES string of the molecule is O=C1[C@H]2CCCC[C@@H]2C(=O)N1CN1CCC[C@H](O)C1. The Balaban J connectivity index is 1.67. The molecule has 3 aliphatic rings. The highest BCUT2D eigenvalue weighted by Crippen LogP contribution is 2.38. The lowest BCUT2D eigenvalue weighted by Crippen LogP contribution is -2.47. The molecule has 1 aliphatic carbocycles. The summed E-state index contributed by atoms with van der Waals surface area (Å²) >= 11 is 0. The van der Waals surface area contributed by atoms with Gasteiger partial charge >= 0.3 is 0 Å². The summed E-state index contributed by atoms with van der Waals surface area (Å²) in [4.78, 5) is 28.1. The van der Waals surface area contributed by atoms with Crippen LogP contribution in [-0.2, 0) is 9.59 Å². The van der Waals surface area contributed by atoms with Crippen LogP contribution in [0.4, 0.5) is 0 Å². The number of aliphatic hydroxyl groups is 1. The monoisotopic (exact) mass is 266 g/mol. The number of amides is 2. The summed E-state index contributed by atoms with van der Waals surface area (Å²) in [5.74, 6) is -0.0727. The summed E-state index contributed by atoms with van der Waals surface area (Å²) in [6.45, 7) is 1.82. The van der Waals surface area contributed by atoms with Crippen molar-refractivity contribution in [3.63, 3.8) is 0 Å². The lowest BCUT2D eigenvalue weighted by Gasteiger charge is -2.32. The Bertz CT molecular complexity index is 361. The Morgan fingerprint density at radius 2 is 1.63 bits per heavy atom. The second kappa shape index (κ2) is 5.21. The number of nitrogens with zero attached hydrogens (tertiary/aromatic N) is 2. The fourth-order valence-corrected chi connectivity index (χ4v) is 3.73. The highest BCUT2D eigenvalue weighted by atomic mass is 16.3. The first-order valence-corrected chi connectivity index (χ1v) is 7.42. The van der Waals surface area contributed by atoms with Gasteiger partial charge < -0.3 is 5.11 Å². The van der Waals surface area contributed by atoms with E-state index in [1.165, 1.54) is 4.90 Å². The molecule has 3 atom stereocenters. The molecule has 5 nitrogen and oxygen atoms in total. The molecular weight excluding hydrogens is 244 g/mol. The van der Waals surface area contributed by atoms with Crippen molar-refractivity contribution in [2.75, 3.05) is 19.8 Å². The molecule has 1 N–H and O–H groups in total. The summed E-state index contributed by atoms with van der Waals surface area (Å²) < 4.78 is 0. The molecular formula is C14H22N2O3. The largest absolute Gasteiger partial charge is 0.392 e. The minimum absolute atomic E-state index is 0.0229. The van der Waals surface area contributed by atoms with Gasteiger partial charge in [-0.1, -0.05) is 12.8 Å². The zero-order valence-electron chi connectivity index (χ0n) is 11.3. The second-order valence-corrected chi connectivity index (χ2v) is 6.12. The molecule has 106 valence electrons. The van der Waals surface area contributed by atoms with Crippen molar-refractivity contribution in [3.8, 4) is 0 Å². The number of carbonyl (C=O) groups is 2. The molecule has 3 fully saturated rings. The van der Waals surface area contributed by atoms with Crippen LogP contribution in [0.5, 0.6) is 0 Å². The molecule has 0 aromatic rings. The zero-order valence-corrected chi connectivity index (χ0v) is 11.3. The highest BCUT2D eigenvalue weighted by Gasteiger charge is 2.48. The molecule has 3 rings (SSSR count). The van der Waals surface area contributed by atoms with E-state index < -0.39 is 0 Å². The average Bonchev–Trinajstić information content (AvgIpc) is 2.65. The van der Waals surface area contributed by atoms with E-state index in [2.05, 4.69) is 0 Å². The molecule has 2 amide bonds. The Morgan fingerprint density at radius 1 is 1.00 bits per heavy atom. The number of carbonyl (C=O) groups excluding carboxylic acids is 2. The van der Waals surface area contributed by atoms with Crippen LogP contribution in [0.2, 0.25) is 0 Å². The second-order valence-electron chi connectivity index (χ2n) is 6.12. The molecule has 1 saturated carbocycles. The molecule has 2 heterocycles. The van der Waals surface area contributed by atoms with E-state index in [0.717, 1.165) is 45.1 Å². The molecule has 0 radical (unpaired) electrons. The van der Waals surface area contributed by atoms with E-state index >= 15 is 0 Å². The maximum atomic E-state index is 12.3. The summed E-state index contributed by atoms with van der Waals surface area (Å²) in [5, 5.41) is 9.66. The van der Waals surface area contributed by atoms with Crippen LogP contribution in [0.25, 0.3) is 0 Å². The average molecular weight is 266 g/mol. The standard InChI is InChI=1S/C14H22N2O3/c17-10-4-3-7-15(8-10)9-16-13(18)11-5-1-2-6-12(11)14(16)19/h10-12,17H,1-9H2/t10-,11-,12-/m0/s1. The van der Waals surface area contributed by atoms with Crippen LogP contribution in [0.1, 0.15) is 38.5 Å². The fraction of sp³-hybridized carbons (Fsp3) is 0.857. The highest BCUT2D eigenvalue weighted by molar-refractivity contribution is 6.05. The first-order valence-electron chi connectivity index (χ1n) is 7.42. The molecule has 2 saturated heterocycles. The Morgan fingerprint density at radius 3 is 2.21 bits per heavy atom. The predicted molar refractivity (Wildman–Crippen MR) is 69.0 cm³/mol. The van der Waals surface area contributed by atoms with Gasteiger partial charge in [-0.2, -0.15) is 0 Å². The number of β-amino-alcohol motifs (C(OH)–C–C–N with tert-alkyl or cyclic N) is 1. The minimum atomic E-state index is -0.316. The van der Waals surface area contributed by atoms with Crippen LogP contribution >= 0.6 is 0 Å². The Kier molecular flexibility index (Phi) is 3.58. The number of hydrogen-bond acceptors (Lipinski definition) is 4. The van der Waals surface area contributed by atoms with Crippen LogP contribution in [-0.4, -0.2) is 52.6 Å². The van der Waals surface area contributed by atoms with Gasteiger partial charge in [0.15, 0.2) is 0 Å². The lowest BCUT2D eigenvalue weighted by atomic mass is 9.81. The Labute approximate surface area is 113 Å². The van der Waals surface area contributed by atoms with Gasteiger partial charge in [0.05, 0.1) is 24.6 Å². The predicted octanol–water partition coefficient (Wildman–Crippen LogP) is 0.576. The van der Waals surface area contributed by atoms with Crippen molar-refractivity contribution >= 4 is 11.8 Å². The third-order valence-electron chi connectivity index (χ3n) is 4.75. The van der Waals surface area contributed by atoms with Crippen LogP contribution in [0.15, 0.2) is 0 Å². The Hall–Kier alpha value is -0.940. The van der Waals surface area contributed by atoms with Crippen molar-refractivity contribution in [1.82, 2.24) is 9.80 Å². The van der Waals surface area contributed by atoms with Crippen molar-refractivity contribution in [2.24, 2.45) is 11.8 Å². The maximum Gasteiger partial charge on any atom is 0.234 e. The topological polar surface area (TPSA) is 60.9 Å². The van der Waals surface area contributed by atoms with E-state index in [1.807, 2.05) is 4.90 Å². The van der Waals surface area contributed by atoms with E-state index in [-0.39, 0.29) is 29.8 Å². The molecule has 0 aromatic heterocycles. The molecule has 19 heavy (non-hydrogen) atoms. The van der Waals surface area contributed by atoms with Gasteiger partial charge in [-0.3, -0.25) is 19.4 Å². The van der Waals surface area contributed by atoms with Crippen molar-refractivity contribution in [2.45, 2.75) is 44.6 Å². The maximum absolute atomic E-state index is 12.3. The van der Waals surface area contributed by atoms with Crippen LogP contribution < -0.4 is 0 Å². The number of piperidine rings is 1. The minimum Gasteiger partial charge on any atom is -0.392 e. The first-order chi connectivity index (χ1) is 9.16. The van der Waals surface area contributed by atoms with Gasteiger partial charge in [0, 0.05) is 13.1 Å². The van der Waals surface area contributed by atoms with Crippen molar-refractivity contribution < 1.29 is 14.7 Å². The van der Waals surface area contributed by atoms with Gasteiger partial charge in [-0.15, -0.1) is 0 Å². The van der Waals surface area contributed by atoms with E-state index in [0.29, 0.717) is 13.2 Å². The summed E-state index contributed by atoms with van der Waals surface area (Å²) in [6, 6.07) is 0. The van der Waals surface area contributed by atoms with E-state index in [4.69, 9.17) is 0 Å². The normalized spacial score (nSPS) is 36.7. The molecule has 2 aliphatic heterocycles. The number of imide groups is 1. The van der Waals surface area contributed by atoms with Crippen molar-refractivity contribution in [1.29, 1.82) is 0 Å².